The number of nitrogens with zero attached hydrogens (tertiary/aromatic N) is 1. The van der Waals surface area contributed by atoms with Gasteiger partial charge in [-0.05, 0) is 42.5 Å². The molecule has 0 saturated heterocycles. The number of carbonyl (C=O) groups excluding carboxylic acids is 3. The van der Waals surface area contributed by atoms with E-state index >= 15 is 0 Å². The van der Waals surface area contributed by atoms with Gasteiger partial charge in [0.2, 0.25) is 0 Å². The van der Waals surface area contributed by atoms with E-state index in [9.17, 15) is 49.5 Å². The van der Waals surface area contributed by atoms with E-state index in [2.05, 4.69) is 22.5 Å². The van der Waals surface area contributed by atoms with Crippen LogP contribution in [-0.4, -0.2) is 44.4 Å². The number of anilines is 3. The van der Waals surface area contributed by atoms with Crippen LogP contribution < -0.4 is 20.9 Å². The van der Waals surface area contributed by atoms with E-state index in [4.69, 9.17) is 11.6 Å². The van der Waals surface area contributed by atoms with Crippen molar-refractivity contribution in [3.63, 3.8) is 0 Å². The van der Waals surface area contributed by atoms with Gasteiger partial charge in [-0.15, -0.1) is 0 Å². The molecule has 3 rings (SSSR count). The highest BCUT2D eigenvalue weighted by atomic mass is 35.5. The molecule has 0 bridgehead atoms. The van der Waals surface area contributed by atoms with E-state index in [1.807, 2.05) is 0 Å². The molecule has 0 aliphatic carbocycles. The monoisotopic (exact) mass is 650 g/mol. The molecule has 0 spiro atoms. The first-order valence-electron chi connectivity index (χ1n) is 12.5. The molecule has 1 heterocycles. The summed E-state index contributed by atoms with van der Waals surface area (Å²) in [5, 5.41) is 7.42. The van der Waals surface area contributed by atoms with Crippen LogP contribution in [0.4, 0.5) is 52.2 Å². The molecule has 0 saturated carbocycles. The first-order chi connectivity index (χ1) is 20.5. The number of benzene rings is 2. The number of alkyl halides is 6. The molecule has 236 valence electrons. The minimum absolute atomic E-state index is 0.0212. The lowest BCUT2D eigenvalue weighted by molar-refractivity contribution is -0.137. The molecule has 0 fully saturated rings. The molecule has 2 amide bonds. The van der Waals surface area contributed by atoms with Crippen molar-refractivity contribution in [3.8, 4) is 0 Å². The summed E-state index contributed by atoms with van der Waals surface area (Å²) < 4.78 is 108. The third kappa shape index (κ3) is 8.15. The number of halogens is 9. The Labute approximate surface area is 250 Å². The number of carbonyl (C=O) groups is 3. The van der Waals surface area contributed by atoms with Crippen molar-refractivity contribution in [2.45, 2.75) is 24.8 Å². The number of nitrogens with one attached hydrogen (secondary N) is 3. The molecular weight excluding hydrogens is 628 g/mol. The molecule has 0 aromatic heterocycles. The fraction of sp³-hybridized carbons (Fsp3) is 0.250. The second-order valence-corrected chi connectivity index (χ2v) is 9.78. The van der Waals surface area contributed by atoms with Gasteiger partial charge in [0.1, 0.15) is 24.5 Å². The molecule has 1 aliphatic rings. The second kappa shape index (κ2) is 13.5. The standard InChI is InChI=1S/C28H23ClF8N4O3/c1-3-17(30)5-4-16(29)11-19-22-20(39-25(43)14-8-15(28(35,36)37)10-18(31)9-14)12-21(24(38-2)23(22)26(44)40-19)41(6-7-42)13-27(32,33)34/h3-5,7-10,12,19,38H,1,6,11,13H2,2H3,(H,39,43)(H,40,44)/b16-4+,17-5+. The van der Waals surface area contributed by atoms with Crippen molar-refractivity contribution in [1.82, 2.24) is 5.32 Å². The van der Waals surface area contributed by atoms with Crippen LogP contribution >= 0.6 is 11.6 Å². The average Bonchev–Trinajstić information content (AvgIpc) is 3.25. The van der Waals surface area contributed by atoms with Crippen LogP contribution in [0.15, 0.2) is 59.9 Å². The molecule has 44 heavy (non-hydrogen) atoms. The lowest BCUT2D eigenvalue weighted by atomic mass is 9.96. The Bertz CT molecular complexity index is 1540. The van der Waals surface area contributed by atoms with Crippen molar-refractivity contribution >= 4 is 46.8 Å². The van der Waals surface area contributed by atoms with Gasteiger partial charge < -0.3 is 25.6 Å². The topological polar surface area (TPSA) is 90.5 Å². The maximum atomic E-state index is 14.1. The first kappa shape index (κ1) is 34.1. The Morgan fingerprint density at radius 2 is 1.82 bits per heavy atom. The Balaban J connectivity index is 2.24. The number of fused-ring (bicyclic) bond motifs is 1. The lowest BCUT2D eigenvalue weighted by Crippen LogP contribution is -2.36. The molecule has 1 aliphatic heterocycles. The van der Waals surface area contributed by atoms with Crippen LogP contribution in [0.2, 0.25) is 0 Å². The predicted octanol–water partition coefficient (Wildman–Crippen LogP) is 7.04. The Kier molecular flexibility index (Phi) is 10.5. The SMILES string of the molecule is C=C/C(F)=C\C=C(\Cl)CC1NC(=O)c2c(NC)c(N(CC=O)CC(F)(F)F)cc(NC(=O)c3cc(F)cc(C(F)(F)F)c3)c21. The maximum absolute atomic E-state index is 14.1. The van der Waals surface area contributed by atoms with Crippen LogP contribution in [-0.2, 0) is 11.0 Å². The fourth-order valence-corrected chi connectivity index (χ4v) is 4.70. The molecule has 2 aromatic carbocycles. The molecule has 0 radical (unpaired) electrons. The number of hydrogen-bond donors (Lipinski definition) is 3. The van der Waals surface area contributed by atoms with E-state index < -0.39 is 66.1 Å². The highest BCUT2D eigenvalue weighted by Gasteiger charge is 2.39. The van der Waals surface area contributed by atoms with Crippen molar-refractivity contribution in [3.05, 3.63) is 88.0 Å². The van der Waals surface area contributed by atoms with Gasteiger partial charge in [-0.2, -0.15) is 26.3 Å². The summed E-state index contributed by atoms with van der Waals surface area (Å²) in [5.41, 5.74) is -3.47. The van der Waals surface area contributed by atoms with E-state index in [1.54, 1.807) is 0 Å². The van der Waals surface area contributed by atoms with Crippen LogP contribution in [0.5, 0.6) is 0 Å². The Hall–Kier alpha value is -4.40. The minimum atomic E-state index is -5.02. The van der Waals surface area contributed by atoms with Gasteiger partial charge in [-0.1, -0.05) is 18.2 Å². The summed E-state index contributed by atoms with van der Waals surface area (Å²) in [6.45, 7) is 0.779. The minimum Gasteiger partial charge on any atom is -0.386 e. The van der Waals surface area contributed by atoms with Gasteiger partial charge in [0.15, 0.2) is 0 Å². The van der Waals surface area contributed by atoms with Gasteiger partial charge in [0, 0.05) is 35.3 Å². The van der Waals surface area contributed by atoms with E-state index in [0.29, 0.717) is 17.0 Å². The molecule has 1 atom stereocenters. The molecule has 3 N–H and O–H groups in total. The molecule has 16 heteroatoms. The molecule has 2 aromatic rings. The quantitative estimate of drug-likeness (QED) is 0.138. The Morgan fingerprint density at radius 3 is 2.39 bits per heavy atom. The third-order valence-electron chi connectivity index (χ3n) is 6.24. The predicted molar refractivity (Wildman–Crippen MR) is 148 cm³/mol. The van der Waals surface area contributed by atoms with Gasteiger partial charge in [-0.3, -0.25) is 9.59 Å². The van der Waals surface area contributed by atoms with Gasteiger partial charge in [0.25, 0.3) is 11.8 Å². The summed E-state index contributed by atoms with van der Waals surface area (Å²) in [6, 6.07) is 0.948. The highest BCUT2D eigenvalue weighted by Crippen LogP contribution is 2.45. The zero-order valence-corrected chi connectivity index (χ0v) is 23.4. The summed E-state index contributed by atoms with van der Waals surface area (Å²) in [4.78, 5) is 38.2. The smallest absolute Gasteiger partial charge is 0.386 e. The van der Waals surface area contributed by atoms with E-state index in [1.165, 1.54) is 7.05 Å². The number of hydrogen-bond acceptors (Lipinski definition) is 5. The fourth-order valence-electron chi connectivity index (χ4n) is 4.48. The van der Waals surface area contributed by atoms with Crippen molar-refractivity contribution < 1.29 is 49.5 Å². The largest absolute Gasteiger partial charge is 0.416 e. The first-order valence-corrected chi connectivity index (χ1v) is 12.8. The second-order valence-electron chi connectivity index (χ2n) is 9.30. The lowest BCUT2D eigenvalue weighted by Gasteiger charge is -2.28. The van der Waals surface area contributed by atoms with E-state index in [0.717, 1.165) is 24.3 Å². The summed E-state index contributed by atoms with van der Waals surface area (Å²) in [7, 11) is 1.28. The summed E-state index contributed by atoms with van der Waals surface area (Å²) in [6.07, 6.45) is -6.90. The third-order valence-corrected chi connectivity index (χ3v) is 6.52. The zero-order chi connectivity index (χ0) is 33.0. The molecule has 7 nitrogen and oxygen atoms in total. The zero-order valence-electron chi connectivity index (χ0n) is 22.6. The normalized spacial score (nSPS) is 15.4. The number of allylic oxidation sites excluding steroid dienone is 4. The molecular formula is C28H23ClF8N4O3. The number of rotatable bonds is 11. The summed E-state index contributed by atoms with van der Waals surface area (Å²) in [5.74, 6) is -4.28. The van der Waals surface area contributed by atoms with Crippen LogP contribution in [0.25, 0.3) is 0 Å². The maximum Gasteiger partial charge on any atom is 0.416 e. The van der Waals surface area contributed by atoms with Gasteiger partial charge in [-0.25, -0.2) is 8.78 Å². The summed E-state index contributed by atoms with van der Waals surface area (Å²) >= 11 is 6.22. The van der Waals surface area contributed by atoms with Crippen LogP contribution in [0.3, 0.4) is 0 Å². The number of aldehydes is 1. The van der Waals surface area contributed by atoms with E-state index in [-0.39, 0.29) is 52.0 Å². The average molecular weight is 651 g/mol. The Morgan fingerprint density at radius 1 is 1.14 bits per heavy atom. The van der Waals surface area contributed by atoms with Crippen molar-refractivity contribution in [2.24, 2.45) is 0 Å². The van der Waals surface area contributed by atoms with Gasteiger partial charge >= 0.3 is 12.4 Å². The molecule has 1 unspecified atom stereocenters. The van der Waals surface area contributed by atoms with Crippen LogP contribution in [0.1, 0.15) is 44.3 Å². The van der Waals surface area contributed by atoms with Crippen molar-refractivity contribution in [1.29, 1.82) is 0 Å². The highest BCUT2D eigenvalue weighted by molar-refractivity contribution is 6.29. The van der Waals surface area contributed by atoms with Gasteiger partial charge in [0.05, 0.1) is 35.1 Å². The van der Waals surface area contributed by atoms with Crippen LogP contribution in [0, 0.1) is 5.82 Å². The number of amides is 2. The van der Waals surface area contributed by atoms with Crippen molar-refractivity contribution in [2.75, 3.05) is 35.7 Å².